The second-order valence-electron chi connectivity index (χ2n) is 0.696. The van der Waals surface area contributed by atoms with Crippen LogP contribution in [0.4, 0.5) is 0 Å². The number of esters is 1. The summed E-state index contributed by atoms with van der Waals surface area (Å²) in [4.78, 5) is 9.59. The quantitative estimate of drug-likeness (QED) is 0.374. The van der Waals surface area contributed by atoms with Crippen molar-refractivity contribution < 1.29 is 29.0 Å². The molecule has 0 rings (SSSR count). The van der Waals surface area contributed by atoms with Crippen molar-refractivity contribution in [1.29, 1.82) is 0 Å². The number of ether oxygens (including phenoxy) is 1. The average Bonchev–Trinajstić information content (AvgIpc) is 1.73. The molecule has 0 heterocycles. The minimum absolute atomic E-state index is 0. The Bertz CT molecular complexity index is 52.5. The van der Waals surface area contributed by atoms with E-state index < -0.39 is 0 Å². The number of hydrogen-bond donors (Lipinski definition) is 0. The van der Waals surface area contributed by atoms with Gasteiger partial charge in [0.05, 0.1) is 7.11 Å². The van der Waals surface area contributed by atoms with Crippen molar-refractivity contribution in [1.82, 2.24) is 0 Å². The van der Waals surface area contributed by atoms with Gasteiger partial charge in [0, 0.05) is 26.4 Å². The molecule has 47 valence electrons. The summed E-state index contributed by atoms with van der Waals surface area (Å²) in [5, 5.41) is 0. The Morgan fingerprint density at radius 2 is 1.75 bits per heavy atom. The Labute approximate surface area is 82.4 Å². The molecule has 0 atom stereocenters. The van der Waals surface area contributed by atoms with Gasteiger partial charge in [-0.25, -0.2) is 0 Å². The van der Waals surface area contributed by atoms with Crippen LogP contribution in [0.2, 0.25) is 0 Å². The first-order valence-electron chi connectivity index (χ1n) is 1.69. The summed E-state index contributed by atoms with van der Waals surface area (Å²) in [6, 6.07) is 0. The van der Waals surface area contributed by atoms with Crippen LogP contribution in [-0.2, 0) is 29.0 Å². The summed E-state index contributed by atoms with van der Waals surface area (Å²) >= 11 is 4.12. The van der Waals surface area contributed by atoms with Crippen molar-refractivity contribution in [2.24, 2.45) is 0 Å². The maximum Gasteiger partial charge on any atom is 0 e. The number of methoxy groups -OCH3 is 1. The summed E-state index contributed by atoms with van der Waals surface area (Å²) < 4.78 is 4.11. The molecule has 0 unspecified atom stereocenters. The second kappa shape index (κ2) is 15.8. The van der Waals surface area contributed by atoms with Gasteiger partial charge in [-0.05, 0) is 0 Å². The molecular weight excluding hydrogens is 305 g/mol. The zero-order valence-electron chi connectivity index (χ0n) is 5.03. The van der Waals surface area contributed by atoms with Crippen LogP contribution in [0.15, 0.2) is 0 Å². The average molecular weight is 311 g/mol. The first-order chi connectivity index (χ1) is 3.27. The number of carbonyl (C=O) groups excluding carboxylic acids is 1. The molecule has 0 aromatic heterocycles. The maximum absolute atomic E-state index is 9.59. The topological polar surface area (TPSA) is 26.3 Å². The zero-order valence-corrected chi connectivity index (χ0v) is 8.82. The normalized spacial score (nSPS) is 5.12. The number of rotatable bonds is 0. The van der Waals surface area contributed by atoms with Crippen molar-refractivity contribution in [3.8, 4) is 0 Å². The Morgan fingerprint density at radius 1 is 1.62 bits per heavy atom. The molecule has 5 heteroatoms. The van der Waals surface area contributed by atoms with Crippen LogP contribution in [0.3, 0.4) is 0 Å². The van der Waals surface area contributed by atoms with Gasteiger partial charge < -0.3 is 4.74 Å². The molecule has 0 aromatic rings. The van der Waals surface area contributed by atoms with Crippen LogP contribution in [0.5, 0.6) is 0 Å². The van der Waals surface area contributed by atoms with Gasteiger partial charge in [0.15, 0.2) is 0 Å². The smallest absolute Gasteiger partial charge is 0 e. The fourth-order valence-corrected chi connectivity index (χ4v) is 0. The van der Waals surface area contributed by atoms with Crippen LogP contribution in [0, 0.1) is 0 Å². The van der Waals surface area contributed by atoms with Gasteiger partial charge in [0.2, 0.25) is 0 Å². The largest absolute Gasteiger partial charge is 0 e. The van der Waals surface area contributed by atoms with Crippen molar-refractivity contribution in [2.75, 3.05) is 7.11 Å². The molecule has 8 heavy (non-hydrogen) atoms. The summed E-state index contributed by atoms with van der Waals surface area (Å²) in [6.07, 6.45) is 0. The standard InChI is InChI=1S/C3H6O2.HI.Li.Rh/c1-3(4)5-2;;;/h1-2H3;1H;;/q;;+1;/p-1. The molecule has 1 radical (unpaired) electrons. The summed E-state index contributed by atoms with van der Waals surface area (Å²) in [7, 11) is 1.35. The predicted molar refractivity (Wildman–Crippen MR) is 37.5 cm³/mol. The van der Waals surface area contributed by atoms with Crippen LogP contribution >= 0.6 is 19.9 Å². The van der Waals surface area contributed by atoms with Gasteiger partial charge in [0.25, 0.3) is 0 Å². The summed E-state index contributed by atoms with van der Waals surface area (Å²) in [5.74, 6) is -0.245. The third-order valence-electron chi connectivity index (χ3n) is 0.287. The molecule has 0 amide bonds. The number of carbonyl (C=O) groups is 1. The zero-order chi connectivity index (χ0) is 6.28. The van der Waals surface area contributed by atoms with E-state index in [0.717, 1.165) is 0 Å². The molecule has 0 saturated heterocycles. The summed E-state index contributed by atoms with van der Waals surface area (Å²) in [6.45, 7) is 1.36. The van der Waals surface area contributed by atoms with Crippen molar-refractivity contribution in [3.63, 3.8) is 0 Å². The number of halogens is 1. The van der Waals surface area contributed by atoms with E-state index in [1.165, 1.54) is 14.0 Å². The molecule has 0 spiro atoms. The van der Waals surface area contributed by atoms with E-state index >= 15 is 0 Å². The molecule has 0 N–H and O–H groups in total. The molecular formula is C3H6ILiO2Rh. The SMILES string of the molecule is COC(C)=O.[Li][I].[Rh]. The Kier molecular flexibility index (Phi) is 32.0. The van der Waals surface area contributed by atoms with E-state index in [2.05, 4.69) is 24.6 Å². The summed E-state index contributed by atoms with van der Waals surface area (Å²) in [5.41, 5.74) is 0. The van der Waals surface area contributed by atoms with Crippen LogP contribution < -0.4 is 0 Å². The van der Waals surface area contributed by atoms with Gasteiger partial charge in [-0.1, -0.05) is 0 Å². The molecule has 2 nitrogen and oxygen atoms in total. The van der Waals surface area contributed by atoms with Crippen LogP contribution in [0.25, 0.3) is 0 Å². The van der Waals surface area contributed by atoms with Gasteiger partial charge >= 0.3 is 40.1 Å². The van der Waals surface area contributed by atoms with Crippen LogP contribution in [-0.4, -0.2) is 27.3 Å². The first kappa shape index (κ1) is 16.2. The Balaban J connectivity index is -0.0000000750. The minimum Gasteiger partial charge on any atom is 0 e. The minimum atomic E-state index is -0.245. The molecule has 0 aliphatic carbocycles. The molecule has 0 aliphatic heterocycles. The van der Waals surface area contributed by atoms with E-state index in [1.54, 1.807) is 0 Å². The van der Waals surface area contributed by atoms with Crippen molar-refractivity contribution in [2.45, 2.75) is 6.92 Å². The first-order valence-corrected chi connectivity index (χ1v) is 3.85. The molecule has 0 bridgehead atoms. The van der Waals surface area contributed by atoms with E-state index in [0.29, 0.717) is 0 Å². The fraction of sp³-hybridized carbons (Fsp3) is 0.667. The monoisotopic (exact) mass is 311 g/mol. The molecule has 0 saturated carbocycles. The molecule has 0 aromatic carbocycles. The third kappa shape index (κ3) is 26.1. The maximum atomic E-state index is 9.59. The van der Waals surface area contributed by atoms with E-state index in [9.17, 15) is 4.79 Å². The fourth-order valence-electron chi connectivity index (χ4n) is 0. The van der Waals surface area contributed by atoms with Crippen molar-refractivity contribution >= 4 is 40.1 Å². The Morgan fingerprint density at radius 3 is 1.75 bits per heavy atom. The molecule has 0 fully saturated rings. The predicted octanol–water partition coefficient (Wildman–Crippen LogP) is 0.682. The van der Waals surface area contributed by atoms with Gasteiger partial charge in [-0.2, -0.15) is 0 Å². The number of hydrogen-bond acceptors (Lipinski definition) is 2. The van der Waals surface area contributed by atoms with Gasteiger partial charge in [0.1, 0.15) is 0 Å². The van der Waals surface area contributed by atoms with E-state index in [4.69, 9.17) is 0 Å². The Hall–Kier alpha value is 1.42. The van der Waals surface area contributed by atoms with Crippen LogP contribution in [0.1, 0.15) is 6.92 Å². The van der Waals surface area contributed by atoms with Gasteiger partial charge in [-0.15, -0.1) is 0 Å². The third-order valence-corrected chi connectivity index (χ3v) is 0.287. The van der Waals surface area contributed by atoms with Crippen molar-refractivity contribution in [3.05, 3.63) is 0 Å². The second-order valence-corrected chi connectivity index (χ2v) is 0.696. The van der Waals surface area contributed by atoms with Gasteiger partial charge in [-0.3, -0.25) is 4.79 Å². The van der Waals surface area contributed by atoms with E-state index in [-0.39, 0.29) is 25.4 Å². The molecule has 0 aliphatic rings. The van der Waals surface area contributed by atoms with E-state index in [1.807, 2.05) is 14.3 Å².